The molecule has 1 aliphatic heterocycles. The van der Waals surface area contributed by atoms with Gasteiger partial charge in [0.25, 0.3) is 0 Å². The number of carbonyl (C=O) groups is 1. The van der Waals surface area contributed by atoms with Crippen molar-refractivity contribution in [3.05, 3.63) is 35.6 Å². The topological polar surface area (TPSA) is 41.1 Å². The van der Waals surface area contributed by atoms with Gasteiger partial charge < -0.3 is 10.6 Å². The molecule has 0 bridgehead atoms. The summed E-state index contributed by atoms with van der Waals surface area (Å²) in [6, 6.07) is 6.63. The van der Waals surface area contributed by atoms with Crippen molar-refractivity contribution in [2.45, 2.75) is 31.7 Å². The molecule has 2 N–H and O–H groups in total. The molecule has 1 aliphatic rings. The Hall–Kier alpha value is -1.13. The number of nitrogens with one attached hydrogen (secondary N) is 2. The number of aryl methyl sites for hydroxylation is 1. The standard InChI is InChI=1S/C14H19FN2O.ClH/c15-12-4-1-11(2-5-12)3-6-14(18)17-13-7-9-16-10-8-13;/h1-2,4-5,13,16H,3,6-10H2,(H,17,18);1H. The van der Waals surface area contributed by atoms with E-state index in [-0.39, 0.29) is 24.1 Å². The maximum Gasteiger partial charge on any atom is 0.220 e. The SMILES string of the molecule is Cl.O=C(CCc1ccc(F)cc1)NC1CCNCC1. The quantitative estimate of drug-likeness (QED) is 0.889. The summed E-state index contributed by atoms with van der Waals surface area (Å²) in [6.07, 6.45) is 3.14. The minimum Gasteiger partial charge on any atom is -0.353 e. The van der Waals surface area contributed by atoms with E-state index in [0.29, 0.717) is 18.9 Å². The maximum atomic E-state index is 12.7. The first-order chi connectivity index (χ1) is 8.74. The number of hydrogen-bond donors (Lipinski definition) is 2. The van der Waals surface area contributed by atoms with E-state index >= 15 is 0 Å². The number of carbonyl (C=O) groups excluding carboxylic acids is 1. The Labute approximate surface area is 119 Å². The van der Waals surface area contributed by atoms with Gasteiger partial charge in [-0.2, -0.15) is 0 Å². The Bertz CT molecular complexity index is 391. The van der Waals surface area contributed by atoms with Gasteiger partial charge in [0, 0.05) is 12.5 Å². The third kappa shape index (κ3) is 5.57. The molecule has 1 aromatic rings. The minimum atomic E-state index is -0.238. The largest absolute Gasteiger partial charge is 0.353 e. The second-order valence-electron chi connectivity index (χ2n) is 4.72. The highest BCUT2D eigenvalue weighted by atomic mass is 35.5. The van der Waals surface area contributed by atoms with E-state index in [4.69, 9.17) is 0 Å². The predicted octanol–water partition coefficient (Wildman–Crippen LogP) is 2.05. The molecule has 1 aromatic carbocycles. The van der Waals surface area contributed by atoms with Crippen LogP contribution < -0.4 is 10.6 Å². The van der Waals surface area contributed by atoms with Crippen molar-refractivity contribution in [2.24, 2.45) is 0 Å². The van der Waals surface area contributed by atoms with Gasteiger partial charge in [-0.3, -0.25) is 4.79 Å². The van der Waals surface area contributed by atoms with Gasteiger partial charge in [-0.15, -0.1) is 12.4 Å². The molecular weight excluding hydrogens is 267 g/mol. The summed E-state index contributed by atoms with van der Waals surface area (Å²) in [7, 11) is 0. The minimum absolute atomic E-state index is 0. The molecule has 3 nitrogen and oxygen atoms in total. The van der Waals surface area contributed by atoms with Gasteiger partial charge in [0.1, 0.15) is 5.82 Å². The first kappa shape index (κ1) is 15.9. The van der Waals surface area contributed by atoms with Gasteiger partial charge >= 0.3 is 0 Å². The van der Waals surface area contributed by atoms with Crippen LogP contribution in [0.5, 0.6) is 0 Å². The number of amides is 1. The molecule has 0 radical (unpaired) electrons. The number of halogens is 2. The van der Waals surface area contributed by atoms with E-state index in [0.717, 1.165) is 31.5 Å². The Balaban J connectivity index is 0.00000180. The monoisotopic (exact) mass is 286 g/mol. The van der Waals surface area contributed by atoms with E-state index in [2.05, 4.69) is 10.6 Å². The number of benzene rings is 1. The summed E-state index contributed by atoms with van der Waals surface area (Å²) in [5.41, 5.74) is 0.997. The molecule has 1 heterocycles. The summed E-state index contributed by atoms with van der Waals surface area (Å²) in [5, 5.41) is 6.31. The number of rotatable bonds is 4. The van der Waals surface area contributed by atoms with E-state index < -0.39 is 0 Å². The van der Waals surface area contributed by atoms with Crippen LogP contribution in [0.15, 0.2) is 24.3 Å². The Kier molecular flexibility index (Phi) is 6.81. The Morgan fingerprint density at radius 2 is 1.89 bits per heavy atom. The molecule has 19 heavy (non-hydrogen) atoms. The molecule has 0 unspecified atom stereocenters. The first-order valence-electron chi connectivity index (χ1n) is 6.48. The normalized spacial score (nSPS) is 15.6. The molecule has 1 saturated heterocycles. The zero-order valence-corrected chi connectivity index (χ0v) is 11.6. The van der Waals surface area contributed by atoms with Crippen molar-refractivity contribution < 1.29 is 9.18 Å². The van der Waals surface area contributed by atoms with Crippen LogP contribution in [-0.2, 0) is 11.2 Å². The third-order valence-corrected chi connectivity index (χ3v) is 3.26. The van der Waals surface area contributed by atoms with Gasteiger partial charge in [-0.25, -0.2) is 4.39 Å². The average molecular weight is 287 g/mol. The lowest BCUT2D eigenvalue weighted by atomic mass is 10.1. The molecule has 1 fully saturated rings. The van der Waals surface area contributed by atoms with Crippen molar-refractivity contribution in [3.63, 3.8) is 0 Å². The molecule has 0 aliphatic carbocycles. The molecule has 0 saturated carbocycles. The third-order valence-electron chi connectivity index (χ3n) is 3.26. The van der Waals surface area contributed by atoms with Gasteiger partial charge in [0.05, 0.1) is 0 Å². The van der Waals surface area contributed by atoms with Crippen molar-refractivity contribution in [1.82, 2.24) is 10.6 Å². The molecule has 2 rings (SSSR count). The highest BCUT2D eigenvalue weighted by Gasteiger charge is 2.14. The van der Waals surface area contributed by atoms with Crippen molar-refractivity contribution in [3.8, 4) is 0 Å². The van der Waals surface area contributed by atoms with Crippen LogP contribution in [0.3, 0.4) is 0 Å². The van der Waals surface area contributed by atoms with Crippen LogP contribution in [0.2, 0.25) is 0 Å². The second kappa shape index (κ2) is 8.12. The summed E-state index contributed by atoms with van der Waals surface area (Å²) >= 11 is 0. The van der Waals surface area contributed by atoms with Gasteiger partial charge in [0.2, 0.25) is 5.91 Å². The molecule has 0 spiro atoms. The van der Waals surface area contributed by atoms with Crippen LogP contribution in [0.4, 0.5) is 4.39 Å². The fraction of sp³-hybridized carbons (Fsp3) is 0.500. The van der Waals surface area contributed by atoms with E-state index in [1.54, 1.807) is 12.1 Å². The van der Waals surface area contributed by atoms with E-state index in [1.165, 1.54) is 12.1 Å². The second-order valence-corrected chi connectivity index (χ2v) is 4.72. The van der Waals surface area contributed by atoms with Gasteiger partial charge in [-0.05, 0) is 50.0 Å². The maximum absolute atomic E-state index is 12.7. The van der Waals surface area contributed by atoms with Crippen molar-refractivity contribution in [1.29, 1.82) is 0 Å². The first-order valence-corrected chi connectivity index (χ1v) is 6.48. The van der Waals surface area contributed by atoms with Crippen molar-refractivity contribution in [2.75, 3.05) is 13.1 Å². The Morgan fingerprint density at radius 1 is 1.26 bits per heavy atom. The number of hydrogen-bond acceptors (Lipinski definition) is 2. The molecule has 0 aromatic heterocycles. The zero-order valence-electron chi connectivity index (χ0n) is 10.8. The fourth-order valence-electron chi connectivity index (χ4n) is 2.18. The predicted molar refractivity (Wildman–Crippen MR) is 76.0 cm³/mol. The molecular formula is C14H20ClFN2O. The van der Waals surface area contributed by atoms with Gasteiger partial charge in [0.15, 0.2) is 0 Å². The average Bonchev–Trinajstić information content (AvgIpc) is 2.39. The summed E-state index contributed by atoms with van der Waals surface area (Å²) < 4.78 is 12.7. The molecule has 5 heteroatoms. The lowest BCUT2D eigenvalue weighted by Gasteiger charge is -2.23. The zero-order chi connectivity index (χ0) is 12.8. The molecule has 106 valence electrons. The Morgan fingerprint density at radius 3 is 2.53 bits per heavy atom. The smallest absolute Gasteiger partial charge is 0.220 e. The molecule has 0 atom stereocenters. The lowest BCUT2D eigenvalue weighted by molar-refractivity contribution is -0.121. The highest BCUT2D eigenvalue weighted by Crippen LogP contribution is 2.07. The summed E-state index contributed by atoms with van der Waals surface area (Å²) in [6.45, 7) is 1.95. The summed E-state index contributed by atoms with van der Waals surface area (Å²) in [4.78, 5) is 11.7. The van der Waals surface area contributed by atoms with Crippen LogP contribution >= 0.6 is 12.4 Å². The van der Waals surface area contributed by atoms with Crippen LogP contribution in [0, 0.1) is 5.82 Å². The fourth-order valence-corrected chi connectivity index (χ4v) is 2.18. The van der Waals surface area contributed by atoms with Crippen molar-refractivity contribution >= 4 is 18.3 Å². The van der Waals surface area contributed by atoms with Gasteiger partial charge in [-0.1, -0.05) is 12.1 Å². The lowest BCUT2D eigenvalue weighted by Crippen LogP contribution is -2.42. The van der Waals surface area contributed by atoms with Crippen LogP contribution in [-0.4, -0.2) is 25.0 Å². The van der Waals surface area contributed by atoms with E-state index in [1.807, 2.05) is 0 Å². The van der Waals surface area contributed by atoms with Crippen LogP contribution in [0.1, 0.15) is 24.8 Å². The molecule has 1 amide bonds. The van der Waals surface area contributed by atoms with Crippen LogP contribution in [0.25, 0.3) is 0 Å². The summed E-state index contributed by atoms with van der Waals surface area (Å²) in [5.74, 6) is -0.149. The number of piperidine rings is 1. The highest BCUT2D eigenvalue weighted by molar-refractivity contribution is 5.85. The van der Waals surface area contributed by atoms with E-state index in [9.17, 15) is 9.18 Å².